The zero-order valence-electron chi connectivity index (χ0n) is 21.5. The van der Waals surface area contributed by atoms with Crippen LogP contribution in [0.1, 0.15) is 32.5 Å². The number of benzene rings is 3. The summed E-state index contributed by atoms with van der Waals surface area (Å²) in [6.07, 6.45) is 0. The second-order valence-electron chi connectivity index (χ2n) is 9.18. The van der Waals surface area contributed by atoms with Gasteiger partial charge in [-0.25, -0.2) is 9.78 Å². The molecular formula is C29H20ClN3O8. The van der Waals surface area contributed by atoms with E-state index in [0.29, 0.717) is 38.5 Å². The number of halogens is 1. The minimum absolute atomic E-state index is 0.000707. The quantitative estimate of drug-likeness (QED) is 0.215. The summed E-state index contributed by atoms with van der Waals surface area (Å²) in [4.78, 5) is 47.5. The van der Waals surface area contributed by atoms with Crippen LogP contribution < -0.4 is 14.4 Å². The maximum atomic E-state index is 13.9. The number of aromatic amines is 1. The van der Waals surface area contributed by atoms with E-state index in [0.717, 1.165) is 4.90 Å². The number of aromatic nitrogens is 2. The number of ketones is 1. The van der Waals surface area contributed by atoms with Gasteiger partial charge in [0.05, 0.1) is 42.4 Å². The topological polar surface area (TPSA) is 155 Å². The molecule has 3 heterocycles. The van der Waals surface area contributed by atoms with Crippen molar-refractivity contribution in [1.29, 1.82) is 0 Å². The molecule has 6 rings (SSSR count). The van der Waals surface area contributed by atoms with Crippen molar-refractivity contribution in [3.63, 3.8) is 0 Å². The highest BCUT2D eigenvalue weighted by molar-refractivity contribution is 6.31. The summed E-state index contributed by atoms with van der Waals surface area (Å²) in [5.74, 6) is -2.84. The lowest BCUT2D eigenvalue weighted by atomic mass is 9.95. The Morgan fingerprint density at radius 1 is 1.05 bits per heavy atom. The molecule has 12 heteroatoms. The van der Waals surface area contributed by atoms with Gasteiger partial charge in [-0.1, -0.05) is 23.7 Å². The molecule has 1 unspecified atom stereocenters. The van der Waals surface area contributed by atoms with Crippen molar-refractivity contribution < 1.29 is 38.5 Å². The Balaban J connectivity index is 1.50. The minimum atomic E-state index is -1.13. The van der Waals surface area contributed by atoms with E-state index in [2.05, 4.69) is 9.97 Å². The molecule has 1 aliphatic rings. The standard InChI is InChI=1S/C29H20ClN3O8/c1-39-17-6-3-13(4-7-17)23-22(24(34)20-11-15-9-16(30)12-21(40-2)26(15)41-20)25(35)27(36)33(23)29-31-18-8-5-14(28(37)38)10-19(18)32-29/h3-12,23,35H,1-2H3,(H,31,32)(H,37,38). The number of aliphatic hydroxyl groups is 1. The number of carbonyl (C=O) groups is 3. The van der Waals surface area contributed by atoms with Crippen LogP contribution in [0.3, 0.4) is 0 Å². The second kappa shape index (κ2) is 9.72. The van der Waals surface area contributed by atoms with Crippen molar-refractivity contribution >= 4 is 57.2 Å². The number of carboxylic acids is 1. The first-order valence-corrected chi connectivity index (χ1v) is 12.5. The fraction of sp³-hybridized carbons (Fsp3) is 0.103. The lowest BCUT2D eigenvalue weighted by Crippen LogP contribution is -2.32. The smallest absolute Gasteiger partial charge is 0.335 e. The molecule has 0 radical (unpaired) electrons. The van der Waals surface area contributed by atoms with E-state index in [9.17, 15) is 24.6 Å². The van der Waals surface area contributed by atoms with Gasteiger partial charge in [-0.15, -0.1) is 0 Å². The number of methoxy groups -OCH3 is 2. The number of Topliss-reactive ketones (excluding diaryl/α,β-unsaturated/α-hetero) is 1. The SMILES string of the molecule is COc1ccc(C2C(C(=O)c3cc4cc(Cl)cc(OC)c4o3)=C(O)C(=O)N2c2nc3ccc(C(=O)O)cc3[nH]2)cc1. The van der Waals surface area contributed by atoms with Gasteiger partial charge in [-0.3, -0.25) is 14.5 Å². The fourth-order valence-corrected chi connectivity index (χ4v) is 5.10. The van der Waals surface area contributed by atoms with Crippen LogP contribution in [0, 0.1) is 0 Å². The van der Waals surface area contributed by atoms with Crippen LogP contribution in [0.4, 0.5) is 5.95 Å². The molecule has 0 saturated carbocycles. The molecule has 3 aromatic carbocycles. The number of aromatic carboxylic acids is 1. The number of fused-ring (bicyclic) bond motifs is 2. The van der Waals surface area contributed by atoms with Gasteiger partial charge in [-0.2, -0.15) is 0 Å². The summed E-state index contributed by atoms with van der Waals surface area (Å²) in [6, 6.07) is 14.3. The largest absolute Gasteiger partial charge is 0.503 e. The van der Waals surface area contributed by atoms with Crippen molar-refractivity contribution in [2.45, 2.75) is 6.04 Å². The Labute approximate surface area is 236 Å². The van der Waals surface area contributed by atoms with Gasteiger partial charge in [0.15, 0.2) is 22.9 Å². The second-order valence-corrected chi connectivity index (χ2v) is 9.61. The normalized spacial score (nSPS) is 15.2. The summed E-state index contributed by atoms with van der Waals surface area (Å²) < 4.78 is 16.4. The Hall–Kier alpha value is -5.29. The molecule has 11 nitrogen and oxygen atoms in total. The summed E-state index contributed by atoms with van der Waals surface area (Å²) in [5, 5.41) is 21.3. The van der Waals surface area contributed by atoms with Gasteiger partial charge in [-0.05, 0) is 48.0 Å². The monoisotopic (exact) mass is 573 g/mol. The Bertz CT molecular complexity index is 1920. The molecular weight excluding hydrogens is 554 g/mol. The molecule has 0 spiro atoms. The summed E-state index contributed by atoms with van der Waals surface area (Å²) in [6.45, 7) is 0. The van der Waals surface area contributed by atoms with Gasteiger partial charge in [0.25, 0.3) is 5.91 Å². The van der Waals surface area contributed by atoms with Gasteiger partial charge in [0.1, 0.15) is 5.75 Å². The number of rotatable bonds is 7. The molecule has 0 bridgehead atoms. The van der Waals surface area contributed by atoms with Crippen LogP contribution in [0.15, 0.2) is 76.4 Å². The molecule has 0 saturated heterocycles. The third kappa shape index (κ3) is 4.23. The van der Waals surface area contributed by atoms with Crippen LogP contribution in [-0.4, -0.2) is 52.1 Å². The lowest BCUT2D eigenvalue weighted by Gasteiger charge is -2.24. The van der Waals surface area contributed by atoms with Gasteiger partial charge >= 0.3 is 5.97 Å². The number of ether oxygens (including phenoxy) is 2. The zero-order valence-corrected chi connectivity index (χ0v) is 22.2. The molecule has 3 N–H and O–H groups in total. The zero-order chi connectivity index (χ0) is 29.0. The Morgan fingerprint density at radius 3 is 2.49 bits per heavy atom. The minimum Gasteiger partial charge on any atom is -0.503 e. The predicted octanol–water partition coefficient (Wildman–Crippen LogP) is 5.46. The third-order valence-corrected chi connectivity index (χ3v) is 7.04. The molecule has 2 aromatic heterocycles. The number of furan rings is 1. The fourth-order valence-electron chi connectivity index (χ4n) is 4.88. The molecule has 0 aliphatic carbocycles. The molecule has 5 aromatic rings. The van der Waals surface area contributed by atoms with Crippen LogP contribution in [-0.2, 0) is 4.79 Å². The number of anilines is 1. The highest BCUT2D eigenvalue weighted by Crippen LogP contribution is 2.43. The van der Waals surface area contributed by atoms with Crippen LogP contribution >= 0.6 is 11.6 Å². The number of carboxylic acid groups (broad SMARTS) is 1. The van der Waals surface area contributed by atoms with E-state index < -0.39 is 29.5 Å². The van der Waals surface area contributed by atoms with Crippen molar-refractivity contribution in [1.82, 2.24) is 9.97 Å². The summed E-state index contributed by atoms with van der Waals surface area (Å²) >= 11 is 6.18. The van der Waals surface area contributed by atoms with Crippen LogP contribution in [0.5, 0.6) is 11.5 Å². The first kappa shape index (κ1) is 26.0. The number of nitrogens with zero attached hydrogens (tertiary/aromatic N) is 2. The van der Waals surface area contributed by atoms with Gasteiger partial charge in [0, 0.05) is 16.5 Å². The van der Waals surface area contributed by atoms with Crippen molar-refractivity contribution in [2.75, 3.05) is 19.1 Å². The lowest BCUT2D eigenvalue weighted by molar-refractivity contribution is -0.117. The van der Waals surface area contributed by atoms with E-state index >= 15 is 0 Å². The Morgan fingerprint density at radius 2 is 1.80 bits per heavy atom. The van der Waals surface area contributed by atoms with Crippen molar-refractivity contribution in [3.05, 3.63) is 93.9 Å². The van der Waals surface area contributed by atoms with Crippen molar-refractivity contribution in [3.8, 4) is 11.5 Å². The average molecular weight is 574 g/mol. The van der Waals surface area contributed by atoms with E-state index in [1.807, 2.05) is 0 Å². The van der Waals surface area contributed by atoms with Gasteiger partial charge < -0.3 is 29.1 Å². The molecule has 206 valence electrons. The van der Waals surface area contributed by atoms with E-state index in [1.54, 1.807) is 30.3 Å². The average Bonchev–Trinajstić information content (AvgIpc) is 3.65. The molecule has 0 fully saturated rings. The molecule has 1 aliphatic heterocycles. The highest BCUT2D eigenvalue weighted by atomic mass is 35.5. The number of nitrogens with one attached hydrogen (secondary N) is 1. The first-order chi connectivity index (χ1) is 19.7. The van der Waals surface area contributed by atoms with Crippen molar-refractivity contribution in [2.24, 2.45) is 0 Å². The number of H-pyrrole nitrogens is 1. The number of hydrogen-bond donors (Lipinski definition) is 3. The predicted molar refractivity (Wildman–Crippen MR) is 148 cm³/mol. The number of amides is 1. The van der Waals surface area contributed by atoms with E-state index in [4.69, 9.17) is 25.5 Å². The molecule has 1 amide bonds. The third-order valence-electron chi connectivity index (χ3n) is 6.82. The van der Waals surface area contributed by atoms with E-state index in [1.165, 1.54) is 44.6 Å². The first-order valence-electron chi connectivity index (χ1n) is 12.2. The maximum Gasteiger partial charge on any atom is 0.335 e. The van der Waals surface area contributed by atoms with Crippen LogP contribution in [0.25, 0.3) is 22.0 Å². The van der Waals surface area contributed by atoms with Gasteiger partial charge in [0.2, 0.25) is 11.7 Å². The highest BCUT2D eigenvalue weighted by Gasteiger charge is 2.46. The summed E-state index contributed by atoms with van der Waals surface area (Å²) in [5.41, 5.74) is 1.25. The van der Waals surface area contributed by atoms with E-state index in [-0.39, 0.29) is 28.4 Å². The summed E-state index contributed by atoms with van der Waals surface area (Å²) in [7, 11) is 2.94. The van der Waals surface area contributed by atoms with Crippen LogP contribution in [0.2, 0.25) is 5.02 Å². The molecule has 41 heavy (non-hydrogen) atoms. The Kier molecular flexibility index (Phi) is 6.15. The number of hydrogen-bond acceptors (Lipinski definition) is 8. The number of aliphatic hydroxyl groups excluding tert-OH is 1. The number of imidazole rings is 1. The number of carbonyl (C=O) groups excluding carboxylic acids is 2. The molecule has 1 atom stereocenters. The maximum absolute atomic E-state index is 13.9.